The van der Waals surface area contributed by atoms with Gasteiger partial charge in [0.1, 0.15) is 0 Å². The number of nitrogens with zero attached hydrogens (tertiary/aromatic N) is 1. The maximum Gasteiger partial charge on any atom is 0.258 e. The lowest BCUT2D eigenvalue weighted by Gasteiger charge is -2.13. The zero-order valence-electron chi connectivity index (χ0n) is 10.6. The smallest absolute Gasteiger partial charge is 0.258 e. The molecule has 5 nitrogen and oxygen atoms in total. The van der Waals surface area contributed by atoms with E-state index >= 15 is 0 Å². The van der Waals surface area contributed by atoms with Crippen molar-refractivity contribution in [1.82, 2.24) is 9.71 Å². The molecule has 18 heavy (non-hydrogen) atoms. The Labute approximate surface area is 113 Å². The molecule has 0 aromatic carbocycles. The van der Waals surface area contributed by atoms with Gasteiger partial charge in [-0.2, -0.15) is 11.8 Å². The Balaban J connectivity index is 2.73. The number of rotatable bonds is 7. The van der Waals surface area contributed by atoms with E-state index in [1.165, 1.54) is 12.3 Å². The number of nitrogens with one attached hydrogen (secondary N) is 1. The van der Waals surface area contributed by atoms with E-state index < -0.39 is 10.0 Å². The summed E-state index contributed by atoms with van der Waals surface area (Å²) in [6, 6.07) is 3.05. The lowest BCUT2D eigenvalue weighted by Crippen LogP contribution is -2.33. The van der Waals surface area contributed by atoms with E-state index in [0.717, 1.165) is 17.7 Å². The van der Waals surface area contributed by atoms with Crippen LogP contribution in [0, 0.1) is 0 Å². The Hall–Kier alpha value is -0.630. The van der Waals surface area contributed by atoms with Crippen molar-refractivity contribution in [2.24, 2.45) is 5.73 Å². The molecule has 102 valence electrons. The summed E-state index contributed by atoms with van der Waals surface area (Å²) in [5.74, 6) is 0.920. The maximum absolute atomic E-state index is 12.0. The highest BCUT2D eigenvalue weighted by Crippen LogP contribution is 2.09. The van der Waals surface area contributed by atoms with E-state index in [0.29, 0.717) is 6.54 Å². The van der Waals surface area contributed by atoms with Crippen LogP contribution in [-0.2, 0) is 16.6 Å². The fourth-order valence-electron chi connectivity index (χ4n) is 1.37. The van der Waals surface area contributed by atoms with Crippen LogP contribution in [0.5, 0.6) is 0 Å². The average Bonchev–Trinajstić information content (AvgIpc) is 2.36. The van der Waals surface area contributed by atoms with Crippen LogP contribution in [-0.4, -0.2) is 31.5 Å². The van der Waals surface area contributed by atoms with Crippen molar-refractivity contribution in [2.75, 3.05) is 12.0 Å². The van der Waals surface area contributed by atoms with Gasteiger partial charge in [0, 0.05) is 18.8 Å². The second-order valence-corrected chi connectivity index (χ2v) is 6.66. The molecule has 1 unspecified atom stereocenters. The van der Waals surface area contributed by atoms with Crippen LogP contribution in [0.1, 0.15) is 18.9 Å². The minimum Gasteiger partial charge on any atom is -0.326 e. The second-order valence-electron chi connectivity index (χ2n) is 4.01. The number of sulfonamides is 1. The SMILES string of the molecule is CSCCC(C)NS(=O)(=O)c1ccc(CN)cn1. The van der Waals surface area contributed by atoms with Crippen molar-refractivity contribution in [3.05, 3.63) is 23.9 Å². The summed E-state index contributed by atoms with van der Waals surface area (Å²) in [6.45, 7) is 2.20. The third-order valence-corrected chi connectivity index (χ3v) is 4.57. The molecule has 0 spiro atoms. The molecule has 1 aromatic rings. The molecule has 0 aliphatic rings. The molecule has 1 rings (SSSR count). The fraction of sp³-hybridized carbons (Fsp3) is 0.545. The molecule has 7 heteroatoms. The van der Waals surface area contributed by atoms with Crippen LogP contribution < -0.4 is 10.5 Å². The maximum atomic E-state index is 12.0. The summed E-state index contributed by atoms with van der Waals surface area (Å²) in [7, 11) is -3.53. The van der Waals surface area contributed by atoms with Crippen molar-refractivity contribution in [1.29, 1.82) is 0 Å². The lowest BCUT2D eigenvalue weighted by molar-refractivity contribution is 0.553. The third-order valence-electron chi connectivity index (χ3n) is 2.42. The highest BCUT2D eigenvalue weighted by molar-refractivity contribution is 7.98. The second kappa shape index (κ2) is 7.08. The van der Waals surface area contributed by atoms with Crippen molar-refractivity contribution < 1.29 is 8.42 Å². The number of pyridine rings is 1. The van der Waals surface area contributed by atoms with Gasteiger partial charge >= 0.3 is 0 Å². The molecule has 1 aromatic heterocycles. The first-order chi connectivity index (χ1) is 8.49. The molecular weight excluding hydrogens is 270 g/mol. The van der Waals surface area contributed by atoms with Crippen molar-refractivity contribution in [2.45, 2.75) is 31.0 Å². The quantitative estimate of drug-likeness (QED) is 0.781. The standard InChI is InChI=1S/C11H19N3O2S2/c1-9(5-6-17-2)14-18(15,16)11-4-3-10(7-12)8-13-11/h3-4,8-9,14H,5-7,12H2,1-2H3. The van der Waals surface area contributed by atoms with Crippen molar-refractivity contribution >= 4 is 21.8 Å². The number of aromatic nitrogens is 1. The minimum atomic E-state index is -3.53. The van der Waals surface area contributed by atoms with Crippen molar-refractivity contribution in [3.63, 3.8) is 0 Å². The topological polar surface area (TPSA) is 85.1 Å². The minimum absolute atomic E-state index is 0.0377. The van der Waals surface area contributed by atoms with Crippen LogP contribution in [0.3, 0.4) is 0 Å². The summed E-state index contributed by atoms with van der Waals surface area (Å²) in [5.41, 5.74) is 6.25. The molecule has 0 saturated carbocycles. The summed E-state index contributed by atoms with van der Waals surface area (Å²) in [5, 5.41) is 0.0377. The molecule has 0 radical (unpaired) electrons. The molecule has 0 saturated heterocycles. The van der Waals surface area contributed by atoms with Gasteiger partial charge in [0.15, 0.2) is 5.03 Å². The van der Waals surface area contributed by atoms with Gasteiger partial charge in [0.25, 0.3) is 10.0 Å². The molecular formula is C11H19N3O2S2. The van der Waals surface area contributed by atoms with Gasteiger partial charge in [0.2, 0.25) is 0 Å². The fourth-order valence-corrected chi connectivity index (χ4v) is 3.17. The highest BCUT2D eigenvalue weighted by atomic mass is 32.2. The third kappa shape index (κ3) is 4.56. The van der Waals surface area contributed by atoms with Gasteiger partial charge in [0.05, 0.1) is 0 Å². The molecule has 0 aliphatic carbocycles. The average molecular weight is 289 g/mol. The summed E-state index contributed by atoms with van der Waals surface area (Å²) < 4.78 is 26.6. The van der Waals surface area contributed by atoms with E-state index in [4.69, 9.17) is 5.73 Å². The van der Waals surface area contributed by atoms with Crippen LogP contribution in [0.15, 0.2) is 23.4 Å². The first kappa shape index (κ1) is 15.4. The Morgan fingerprint density at radius 2 is 2.22 bits per heavy atom. The van der Waals surface area contributed by atoms with Gasteiger partial charge < -0.3 is 5.73 Å². The largest absolute Gasteiger partial charge is 0.326 e. The summed E-state index contributed by atoms with van der Waals surface area (Å²) in [4.78, 5) is 3.92. The highest BCUT2D eigenvalue weighted by Gasteiger charge is 2.18. The Bertz CT molecular complexity index is 460. The van der Waals surface area contributed by atoms with Crippen molar-refractivity contribution in [3.8, 4) is 0 Å². The summed E-state index contributed by atoms with van der Waals surface area (Å²) in [6.07, 6.45) is 4.27. The molecule has 0 amide bonds. The van der Waals surface area contributed by atoms with E-state index in [2.05, 4.69) is 9.71 Å². The van der Waals surface area contributed by atoms with Gasteiger partial charge in [-0.3, -0.25) is 0 Å². The molecule has 0 aliphatic heterocycles. The van der Waals surface area contributed by atoms with E-state index in [9.17, 15) is 8.42 Å². The Morgan fingerprint density at radius 1 is 1.50 bits per heavy atom. The van der Waals surface area contributed by atoms with E-state index in [1.807, 2.05) is 13.2 Å². The van der Waals surface area contributed by atoms with Gasteiger partial charge in [-0.25, -0.2) is 18.1 Å². The molecule has 0 bridgehead atoms. The van der Waals surface area contributed by atoms with E-state index in [1.54, 1.807) is 17.8 Å². The predicted octanol–water partition coefficient (Wildman–Crippen LogP) is 0.960. The normalized spacial score (nSPS) is 13.5. The van der Waals surface area contributed by atoms with Crippen LogP contribution in [0.25, 0.3) is 0 Å². The Kier molecular flexibility index (Phi) is 6.07. The summed E-state index contributed by atoms with van der Waals surface area (Å²) >= 11 is 1.69. The zero-order valence-corrected chi connectivity index (χ0v) is 12.2. The van der Waals surface area contributed by atoms with Crippen LogP contribution in [0.4, 0.5) is 0 Å². The van der Waals surface area contributed by atoms with E-state index in [-0.39, 0.29) is 11.1 Å². The Morgan fingerprint density at radius 3 is 2.72 bits per heavy atom. The lowest BCUT2D eigenvalue weighted by atomic mass is 10.3. The zero-order chi connectivity index (χ0) is 13.6. The first-order valence-corrected chi connectivity index (χ1v) is 8.53. The molecule has 3 N–H and O–H groups in total. The van der Waals surface area contributed by atoms with Gasteiger partial charge in [-0.15, -0.1) is 0 Å². The molecule has 1 atom stereocenters. The van der Waals surface area contributed by atoms with Crippen LogP contribution >= 0.6 is 11.8 Å². The van der Waals surface area contributed by atoms with Gasteiger partial charge in [-0.1, -0.05) is 6.07 Å². The monoisotopic (exact) mass is 289 g/mol. The van der Waals surface area contributed by atoms with Crippen LogP contribution in [0.2, 0.25) is 0 Å². The molecule has 1 heterocycles. The van der Waals surface area contributed by atoms with Gasteiger partial charge in [-0.05, 0) is 37.0 Å². The number of hydrogen-bond acceptors (Lipinski definition) is 5. The number of nitrogens with two attached hydrogens (primary N) is 1. The number of thioether (sulfide) groups is 1. The first-order valence-electron chi connectivity index (χ1n) is 5.66. The number of hydrogen-bond donors (Lipinski definition) is 2. The molecule has 0 fully saturated rings. The predicted molar refractivity (Wildman–Crippen MR) is 74.9 cm³/mol.